The molecule has 10 nitrogen and oxygen atoms in total. The summed E-state index contributed by atoms with van der Waals surface area (Å²) in [5.41, 5.74) is 2.22. The minimum Gasteiger partial charge on any atom is -0.444 e. The average molecular weight is 591 g/mol. The van der Waals surface area contributed by atoms with Crippen molar-refractivity contribution in [3.63, 3.8) is 0 Å². The van der Waals surface area contributed by atoms with Crippen LogP contribution >= 0.6 is 11.6 Å². The number of nitrogens with zero attached hydrogens (tertiary/aromatic N) is 4. The lowest BCUT2D eigenvalue weighted by atomic mass is 9.90. The van der Waals surface area contributed by atoms with Gasteiger partial charge in [0.1, 0.15) is 22.6 Å². The number of ether oxygens (including phenoxy) is 2. The quantitative estimate of drug-likeness (QED) is 0.230. The average Bonchev–Trinajstić information content (AvgIpc) is 3.42. The van der Waals surface area contributed by atoms with E-state index in [1.165, 1.54) is 0 Å². The van der Waals surface area contributed by atoms with E-state index in [9.17, 15) is 9.59 Å². The van der Waals surface area contributed by atoms with Gasteiger partial charge in [0, 0.05) is 43.6 Å². The van der Waals surface area contributed by atoms with Crippen molar-refractivity contribution in [3.05, 3.63) is 42.3 Å². The van der Waals surface area contributed by atoms with Gasteiger partial charge in [-0.15, -0.1) is 0 Å². The number of piperidine rings is 2. The van der Waals surface area contributed by atoms with E-state index in [0.29, 0.717) is 44.9 Å². The van der Waals surface area contributed by atoms with Crippen molar-refractivity contribution < 1.29 is 28.8 Å². The molecule has 0 spiro atoms. The molecule has 11 heteroatoms. The van der Waals surface area contributed by atoms with Gasteiger partial charge < -0.3 is 29.0 Å². The first-order valence-corrected chi connectivity index (χ1v) is 14.5. The highest BCUT2D eigenvalue weighted by Gasteiger charge is 2.31. The van der Waals surface area contributed by atoms with Gasteiger partial charge in [-0.25, -0.2) is 9.59 Å². The molecule has 1 aromatic carbocycles. The van der Waals surface area contributed by atoms with Crippen LogP contribution in [0.15, 0.2) is 46.3 Å². The van der Waals surface area contributed by atoms with Gasteiger partial charge in [0.15, 0.2) is 0 Å². The van der Waals surface area contributed by atoms with Crippen molar-refractivity contribution >= 4 is 29.0 Å². The van der Waals surface area contributed by atoms with E-state index in [1.54, 1.807) is 16.1 Å². The summed E-state index contributed by atoms with van der Waals surface area (Å²) in [6, 6.07) is 10.1. The van der Waals surface area contributed by atoms with E-state index in [2.05, 4.69) is 22.4 Å². The van der Waals surface area contributed by atoms with Gasteiger partial charge in [-0.2, -0.15) is 0 Å². The van der Waals surface area contributed by atoms with Crippen molar-refractivity contribution in [3.8, 4) is 11.1 Å². The molecule has 2 fully saturated rings. The smallest absolute Gasteiger partial charge is 0.410 e. The molecule has 0 atom stereocenters. The maximum absolute atomic E-state index is 12.2. The zero-order valence-corrected chi connectivity index (χ0v) is 25.7. The Hall–Kier alpha value is -3.27. The largest absolute Gasteiger partial charge is 0.444 e. The highest BCUT2D eigenvalue weighted by Crippen LogP contribution is 2.34. The van der Waals surface area contributed by atoms with E-state index >= 15 is 0 Å². The summed E-state index contributed by atoms with van der Waals surface area (Å²) in [7, 11) is 0. The normalized spacial score (nSPS) is 17.5. The van der Waals surface area contributed by atoms with Crippen molar-refractivity contribution in [1.29, 1.82) is 0 Å². The summed E-state index contributed by atoms with van der Waals surface area (Å²) in [5, 5.41) is 16.0. The number of carbonyl (C=O) groups is 2. The number of halogens is 1. The second-order valence-corrected chi connectivity index (χ2v) is 12.8. The summed E-state index contributed by atoms with van der Waals surface area (Å²) in [5.74, 6) is 0.345. The van der Waals surface area contributed by atoms with Crippen LogP contribution in [-0.2, 0) is 9.47 Å². The van der Waals surface area contributed by atoms with Crippen LogP contribution < -0.4 is 0 Å². The lowest BCUT2D eigenvalue weighted by Gasteiger charge is -2.33. The molecule has 0 aliphatic carbocycles. The lowest BCUT2D eigenvalue weighted by molar-refractivity contribution is 0.0192. The van der Waals surface area contributed by atoms with Crippen LogP contribution in [0.2, 0.25) is 0 Å². The molecule has 1 aromatic heterocycles. The standard InChI is InChI=1S/C19H24N2O3.C11H19ClN2O3/c1-19(2,3)24-18(22)21-11-9-15(10-12-21)17-16(13-23-20-17)14-7-5-4-6-8-14;1-11(2,3)17-10(15)14-6-4-8(5-7-14)9(12)13-16/h4-8,13,15H,9-12H2,1-3H3;8,16H,4-7H2,1-3H3/b;13-9-. The summed E-state index contributed by atoms with van der Waals surface area (Å²) in [6.07, 6.45) is 4.31. The van der Waals surface area contributed by atoms with Crippen molar-refractivity contribution in [2.75, 3.05) is 26.2 Å². The van der Waals surface area contributed by atoms with Gasteiger partial charge in [-0.1, -0.05) is 52.2 Å². The summed E-state index contributed by atoms with van der Waals surface area (Å²) >= 11 is 5.74. The molecular weight excluding hydrogens is 548 g/mol. The second kappa shape index (κ2) is 14.1. The molecule has 0 bridgehead atoms. The van der Waals surface area contributed by atoms with Crippen molar-refractivity contribution in [2.24, 2.45) is 11.1 Å². The molecule has 0 saturated carbocycles. The molecule has 4 rings (SSSR count). The minimum atomic E-state index is -0.474. The van der Waals surface area contributed by atoms with Crippen LogP contribution in [0.1, 0.15) is 78.8 Å². The zero-order chi connectivity index (χ0) is 30.2. The number of amides is 2. The Kier molecular flexibility index (Phi) is 11.1. The van der Waals surface area contributed by atoms with Crippen LogP contribution in [0.25, 0.3) is 11.1 Å². The predicted molar refractivity (Wildman–Crippen MR) is 157 cm³/mol. The van der Waals surface area contributed by atoms with Gasteiger partial charge in [0.2, 0.25) is 0 Å². The molecule has 2 aliphatic heterocycles. The van der Waals surface area contributed by atoms with Crippen LogP contribution in [-0.4, -0.2) is 74.9 Å². The molecule has 3 heterocycles. The van der Waals surface area contributed by atoms with E-state index in [-0.39, 0.29) is 23.3 Å². The third-order valence-corrected chi connectivity index (χ3v) is 7.18. The van der Waals surface area contributed by atoms with E-state index in [1.807, 2.05) is 59.7 Å². The van der Waals surface area contributed by atoms with Gasteiger partial charge >= 0.3 is 12.2 Å². The maximum Gasteiger partial charge on any atom is 0.410 e. The Morgan fingerprint density at radius 2 is 1.39 bits per heavy atom. The number of oxime groups is 1. The highest BCUT2D eigenvalue weighted by molar-refractivity contribution is 6.65. The highest BCUT2D eigenvalue weighted by atomic mass is 35.5. The van der Waals surface area contributed by atoms with E-state index in [4.69, 9.17) is 30.8 Å². The van der Waals surface area contributed by atoms with Gasteiger partial charge in [-0.05, 0) is 72.8 Å². The topological polar surface area (TPSA) is 118 Å². The van der Waals surface area contributed by atoms with Gasteiger partial charge in [0.25, 0.3) is 0 Å². The third-order valence-electron chi connectivity index (χ3n) is 6.79. The molecule has 2 saturated heterocycles. The van der Waals surface area contributed by atoms with Crippen LogP contribution in [0.5, 0.6) is 0 Å². The van der Waals surface area contributed by atoms with Gasteiger partial charge in [-0.3, -0.25) is 0 Å². The van der Waals surface area contributed by atoms with Crippen LogP contribution in [0.4, 0.5) is 9.59 Å². The van der Waals surface area contributed by atoms with Crippen molar-refractivity contribution in [1.82, 2.24) is 15.0 Å². The van der Waals surface area contributed by atoms with Gasteiger partial charge in [0.05, 0.1) is 5.69 Å². The number of hydrogen-bond donors (Lipinski definition) is 1. The SMILES string of the molecule is CC(C)(C)OC(=O)N1CCC(/C(Cl)=N/O)CC1.CC(C)(C)OC(=O)N1CCC(c2nocc2-c2ccccc2)CC1. The Morgan fingerprint density at radius 1 is 0.902 bits per heavy atom. The van der Waals surface area contributed by atoms with E-state index in [0.717, 1.165) is 29.7 Å². The Balaban J connectivity index is 0.000000241. The van der Waals surface area contributed by atoms with E-state index < -0.39 is 11.2 Å². The first-order chi connectivity index (χ1) is 19.3. The molecule has 2 aromatic rings. The summed E-state index contributed by atoms with van der Waals surface area (Å²) in [4.78, 5) is 27.4. The fourth-order valence-electron chi connectivity index (χ4n) is 4.74. The lowest BCUT2D eigenvalue weighted by Crippen LogP contribution is -2.42. The second-order valence-electron chi connectivity index (χ2n) is 12.4. The fourth-order valence-corrected chi connectivity index (χ4v) is 4.96. The number of carbonyl (C=O) groups excluding carboxylic acids is 2. The summed E-state index contributed by atoms with van der Waals surface area (Å²) in [6.45, 7) is 13.7. The first-order valence-electron chi connectivity index (χ1n) is 14.1. The number of hydrogen-bond acceptors (Lipinski definition) is 8. The maximum atomic E-state index is 12.2. The monoisotopic (exact) mass is 590 g/mol. The van der Waals surface area contributed by atoms with Crippen LogP contribution in [0, 0.1) is 5.92 Å². The van der Waals surface area contributed by atoms with Crippen LogP contribution in [0.3, 0.4) is 0 Å². The molecule has 0 unspecified atom stereocenters. The molecule has 2 aliphatic rings. The summed E-state index contributed by atoms with van der Waals surface area (Å²) < 4.78 is 16.0. The molecular formula is C30H43ClN4O6. The predicted octanol–water partition coefficient (Wildman–Crippen LogP) is 7.12. The third kappa shape index (κ3) is 9.95. The number of aromatic nitrogens is 1. The number of likely N-dealkylation sites (tertiary alicyclic amines) is 2. The fraction of sp³-hybridized carbons (Fsp3) is 0.600. The molecule has 0 radical (unpaired) electrons. The molecule has 41 heavy (non-hydrogen) atoms. The minimum absolute atomic E-state index is 0.0420. The molecule has 2 amide bonds. The zero-order valence-electron chi connectivity index (χ0n) is 24.9. The van der Waals surface area contributed by atoms with Crippen molar-refractivity contribution in [2.45, 2.75) is 84.3 Å². The Labute approximate surface area is 247 Å². The first kappa shape index (κ1) is 32.2. The number of rotatable bonds is 3. The Bertz CT molecular complexity index is 1160. The number of benzene rings is 1. The Morgan fingerprint density at radius 3 is 1.85 bits per heavy atom. The molecule has 226 valence electrons. The molecule has 1 N–H and O–H groups in total.